The fourth-order valence-corrected chi connectivity index (χ4v) is 10.4. The fraction of sp³-hybridized carbons (Fsp3) is 0.381. The Morgan fingerprint density at radius 3 is 1.69 bits per heavy atom. The monoisotopic (exact) mass is 1270 g/mol. The molecule has 2 aliphatic heterocycles. The first-order chi connectivity index (χ1) is 42.3. The summed E-state index contributed by atoms with van der Waals surface area (Å²) in [6.45, 7) is 5.01. The van der Waals surface area contributed by atoms with Crippen molar-refractivity contribution in [2.45, 2.75) is 124 Å². The summed E-state index contributed by atoms with van der Waals surface area (Å²) < 4.78 is 70.4. The smallest absolute Gasteiger partial charge is 0.460 e. The molecule has 0 unspecified atom stereocenters. The fourth-order valence-electron chi connectivity index (χ4n) is 10.2. The van der Waals surface area contributed by atoms with Crippen molar-refractivity contribution in [2.24, 2.45) is 0 Å². The maximum atomic E-state index is 14.6. The van der Waals surface area contributed by atoms with E-state index in [0.717, 1.165) is 29.2 Å². The standard InChI is InChI=1S/C63H66Cl3N3O19/c1-5-29-77-58(73)48(67-60(74)81-33-42-23-13-8-14-24-42)30-50(72)68-57-51(69-61(75)83-36-63(64,65)66)54(78-31-40-19-9-6-10-20-40)53(88-62(76)82-34-47-45-27-17-15-25-43(45)44-26-16-18-28-46(44)47)49(87-57)35-80-59-56(79-32-41-21-11-7-12-22-41)55(86-39(4)71)52(37(2)84-59)85-38(3)70/h5-28,37,47-49,51-57,59H,1,29-36H2,2-4H3,(H,67,74)(H,68,72)(H,69,75)/t37-,48-,49+,51+,52+,53+,54+,55+,56-,57+,59+/m0/s1. The summed E-state index contributed by atoms with van der Waals surface area (Å²) in [5, 5.41) is 7.68. The van der Waals surface area contributed by atoms with Crippen molar-refractivity contribution in [1.29, 1.82) is 0 Å². The maximum Gasteiger partial charge on any atom is 0.508 e. The van der Waals surface area contributed by atoms with Crippen LogP contribution in [0.3, 0.4) is 0 Å². The molecular formula is C63H66Cl3N3O19. The van der Waals surface area contributed by atoms with Crippen LogP contribution in [0, 0.1) is 0 Å². The minimum absolute atomic E-state index is 0.0892. The van der Waals surface area contributed by atoms with Crippen LogP contribution in [0.1, 0.15) is 60.9 Å². The topological polar surface area (TPSA) is 266 Å². The second-order valence-corrected chi connectivity index (χ2v) is 23.0. The van der Waals surface area contributed by atoms with Crippen LogP contribution in [0.5, 0.6) is 0 Å². The van der Waals surface area contributed by atoms with Crippen molar-refractivity contribution >= 4 is 77.0 Å². The average Bonchev–Trinajstić information content (AvgIpc) is 2.43. The van der Waals surface area contributed by atoms with Gasteiger partial charge < -0.3 is 72.8 Å². The van der Waals surface area contributed by atoms with Gasteiger partial charge in [-0.1, -0.05) is 187 Å². The van der Waals surface area contributed by atoms with E-state index in [4.69, 9.17) is 91.6 Å². The molecule has 1 aliphatic carbocycles. The molecule has 0 spiro atoms. The zero-order valence-corrected chi connectivity index (χ0v) is 50.3. The first-order valence-corrected chi connectivity index (χ1v) is 29.1. The Morgan fingerprint density at radius 2 is 1.12 bits per heavy atom. The molecule has 3 aliphatic rings. The molecule has 3 N–H and O–H groups in total. The highest BCUT2D eigenvalue weighted by Crippen LogP contribution is 2.45. The van der Waals surface area contributed by atoms with E-state index in [1.807, 2.05) is 54.6 Å². The lowest BCUT2D eigenvalue weighted by Crippen LogP contribution is -2.70. The largest absolute Gasteiger partial charge is 0.508 e. The van der Waals surface area contributed by atoms with Crippen LogP contribution >= 0.6 is 34.8 Å². The third-order valence-electron chi connectivity index (χ3n) is 14.1. The Balaban J connectivity index is 1.16. The number of benzene rings is 5. The number of carbonyl (C=O) groups is 7. The highest BCUT2D eigenvalue weighted by molar-refractivity contribution is 6.67. The lowest BCUT2D eigenvalue weighted by molar-refractivity contribution is -0.318. The van der Waals surface area contributed by atoms with Gasteiger partial charge in [-0.3, -0.25) is 14.4 Å². The summed E-state index contributed by atoms with van der Waals surface area (Å²) in [4.78, 5) is 95.4. The molecule has 88 heavy (non-hydrogen) atoms. The summed E-state index contributed by atoms with van der Waals surface area (Å²) in [6, 6.07) is 38.4. The predicted molar refractivity (Wildman–Crippen MR) is 316 cm³/mol. The molecule has 2 fully saturated rings. The Hall–Kier alpha value is -7.80. The first-order valence-electron chi connectivity index (χ1n) is 28.0. The minimum Gasteiger partial charge on any atom is -0.460 e. The second kappa shape index (κ2) is 31.9. The first kappa shape index (κ1) is 66.2. The van der Waals surface area contributed by atoms with Crippen molar-refractivity contribution in [3.8, 4) is 11.1 Å². The predicted octanol–water partition coefficient (Wildman–Crippen LogP) is 8.84. The molecule has 5 aromatic carbocycles. The van der Waals surface area contributed by atoms with E-state index >= 15 is 0 Å². The van der Waals surface area contributed by atoms with E-state index in [9.17, 15) is 33.6 Å². The van der Waals surface area contributed by atoms with Crippen molar-refractivity contribution in [3.63, 3.8) is 0 Å². The van der Waals surface area contributed by atoms with Gasteiger partial charge in [0.1, 0.15) is 56.8 Å². The molecule has 0 radical (unpaired) electrons. The molecule has 2 heterocycles. The molecule has 3 amide bonds. The van der Waals surface area contributed by atoms with Crippen LogP contribution in [0.2, 0.25) is 0 Å². The van der Waals surface area contributed by atoms with Gasteiger partial charge in [-0.25, -0.2) is 19.2 Å². The van der Waals surface area contributed by atoms with Crippen LogP contribution in [-0.4, -0.2) is 140 Å². The highest BCUT2D eigenvalue weighted by atomic mass is 35.6. The Morgan fingerprint density at radius 1 is 0.580 bits per heavy atom. The van der Waals surface area contributed by atoms with Crippen LogP contribution in [0.15, 0.2) is 152 Å². The van der Waals surface area contributed by atoms with E-state index in [2.05, 4.69) is 22.5 Å². The second-order valence-electron chi connectivity index (χ2n) is 20.5. The normalized spacial score (nSPS) is 22.4. The number of fused-ring (bicyclic) bond motifs is 3. The van der Waals surface area contributed by atoms with Gasteiger partial charge >= 0.3 is 36.2 Å². The molecule has 11 atom stereocenters. The molecule has 2 saturated heterocycles. The van der Waals surface area contributed by atoms with Gasteiger partial charge in [0.25, 0.3) is 0 Å². The van der Waals surface area contributed by atoms with Crippen molar-refractivity contribution in [3.05, 3.63) is 180 Å². The van der Waals surface area contributed by atoms with Gasteiger partial charge in [0.15, 0.2) is 30.8 Å². The third kappa shape index (κ3) is 18.9. The minimum atomic E-state index is -2.10. The number of rotatable bonds is 25. The van der Waals surface area contributed by atoms with E-state index in [0.29, 0.717) is 16.7 Å². The zero-order chi connectivity index (χ0) is 62.7. The Bertz CT molecular complexity index is 3130. The van der Waals surface area contributed by atoms with Gasteiger partial charge in [0.05, 0.1) is 32.3 Å². The van der Waals surface area contributed by atoms with Crippen LogP contribution < -0.4 is 16.0 Å². The molecule has 5 aromatic rings. The van der Waals surface area contributed by atoms with Gasteiger partial charge in [-0.05, 0) is 45.9 Å². The lowest BCUT2D eigenvalue weighted by atomic mass is 9.94. The summed E-state index contributed by atoms with van der Waals surface area (Å²) in [6.07, 6.45) is -16.1. The average molecular weight is 1280 g/mol. The number of hydrogen-bond donors (Lipinski definition) is 3. The number of alkyl carbamates (subject to hydrolysis) is 2. The summed E-state index contributed by atoms with van der Waals surface area (Å²) in [5.74, 6) is -3.94. The Kier molecular flexibility index (Phi) is 24.0. The lowest BCUT2D eigenvalue weighted by Gasteiger charge is -2.47. The number of halogens is 3. The molecule has 0 bridgehead atoms. The number of alkyl halides is 3. The number of nitrogens with one attached hydrogen (secondary N) is 3. The molecule has 0 saturated carbocycles. The van der Waals surface area contributed by atoms with E-state index in [1.165, 1.54) is 13.0 Å². The molecule has 22 nitrogen and oxygen atoms in total. The van der Waals surface area contributed by atoms with Gasteiger partial charge in [-0.2, -0.15) is 0 Å². The summed E-state index contributed by atoms with van der Waals surface area (Å²) in [5.41, 5.74) is 5.61. The highest BCUT2D eigenvalue weighted by Gasteiger charge is 2.54. The van der Waals surface area contributed by atoms with Crippen molar-refractivity contribution in [2.75, 3.05) is 26.4 Å². The maximum absolute atomic E-state index is 14.6. The number of esters is 3. The molecule has 468 valence electrons. The molecular weight excluding hydrogens is 1210 g/mol. The number of ether oxygens (including phenoxy) is 12. The van der Waals surface area contributed by atoms with E-state index < -0.39 is 139 Å². The number of amides is 3. The molecule has 25 heteroatoms. The number of carbonyl (C=O) groups excluding carboxylic acids is 7. The van der Waals surface area contributed by atoms with E-state index in [1.54, 1.807) is 91.9 Å². The van der Waals surface area contributed by atoms with Crippen molar-refractivity contribution in [1.82, 2.24) is 16.0 Å². The van der Waals surface area contributed by atoms with Gasteiger partial charge in [-0.15, -0.1) is 0 Å². The zero-order valence-electron chi connectivity index (χ0n) is 48.0. The molecule has 0 aromatic heterocycles. The van der Waals surface area contributed by atoms with Crippen LogP contribution in [0.4, 0.5) is 14.4 Å². The van der Waals surface area contributed by atoms with Crippen molar-refractivity contribution < 1.29 is 90.4 Å². The summed E-state index contributed by atoms with van der Waals surface area (Å²) >= 11 is 18.0. The third-order valence-corrected chi connectivity index (χ3v) is 14.4. The van der Waals surface area contributed by atoms with Gasteiger partial charge in [0.2, 0.25) is 9.70 Å². The SMILES string of the molecule is C=CCOC(=O)[C@H](CC(=O)N[C@@H]1O[C@H](CO[C@@H]2O[C@@H](C)[C@@H](OC(C)=O)[C@@H](OC(C)=O)[C@@H]2OCc2ccccc2)[C@@H](OC(=O)OCC2c3ccccc3-c3ccccc32)[C@H](OCc2ccccc2)[C@H]1NC(=O)OCC(Cl)(Cl)Cl)NC(=O)OCc1ccccc1. The Labute approximate surface area is 522 Å². The van der Waals surface area contributed by atoms with E-state index in [-0.39, 0.29) is 33.0 Å². The number of hydrogen-bond acceptors (Lipinski definition) is 19. The van der Waals surface area contributed by atoms with Gasteiger partial charge in [0, 0.05) is 19.8 Å². The molecule has 8 rings (SSSR count). The van der Waals surface area contributed by atoms with Crippen LogP contribution in [0.25, 0.3) is 11.1 Å². The summed E-state index contributed by atoms with van der Waals surface area (Å²) in [7, 11) is 0. The quantitative estimate of drug-likeness (QED) is 0.0213. The van der Waals surface area contributed by atoms with Crippen LogP contribution in [-0.2, 0) is 95.8 Å².